The third kappa shape index (κ3) is 9.68. The van der Waals surface area contributed by atoms with Crippen LogP contribution in [0.15, 0.2) is 113 Å². The van der Waals surface area contributed by atoms with E-state index in [1.54, 1.807) is 0 Å². The van der Waals surface area contributed by atoms with Crippen molar-refractivity contribution >= 4 is 91.4 Å². The molecule has 272 valence electrons. The number of anilines is 1. The van der Waals surface area contributed by atoms with Gasteiger partial charge < -0.3 is 10.8 Å². The van der Waals surface area contributed by atoms with E-state index in [9.17, 15) is 43.3 Å². The number of aromatic hydroxyl groups is 1. The zero-order valence-electron chi connectivity index (χ0n) is 25.2. The summed E-state index contributed by atoms with van der Waals surface area (Å²) in [6.45, 7) is 2.38. The number of nitrogens with two attached hydrogens (primary N) is 1. The van der Waals surface area contributed by atoms with Crippen molar-refractivity contribution in [3.05, 3.63) is 72.7 Å². The highest BCUT2D eigenvalue weighted by Gasteiger charge is 2.26. The van der Waals surface area contributed by atoms with Crippen LogP contribution in [0.5, 0.6) is 5.75 Å². The summed E-state index contributed by atoms with van der Waals surface area (Å²) >= 11 is 0.339. The molecule has 4 rings (SSSR count). The van der Waals surface area contributed by atoms with Gasteiger partial charge in [0.2, 0.25) is 0 Å². The summed E-state index contributed by atoms with van der Waals surface area (Å²) in [4.78, 5) is -1.37. The van der Waals surface area contributed by atoms with Crippen molar-refractivity contribution in [2.75, 3.05) is 18.1 Å². The Bertz CT molecular complexity index is 2490. The van der Waals surface area contributed by atoms with Gasteiger partial charge >= 0.3 is 10.4 Å². The number of fused-ring (bicyclic) bond motifs is 1. The van der Waals surface area contributed by atoms with Crippen LogP contribution in [-0.2, 0) is 53.7 Å². The SMILES string of the molecule is C=CS(=O)(=O)c1ccc(N=Nc2c(SOOO)cc3cc(S(=O)(=O)O)c(N=Nc4ccc(S(=O)(=O)CCOS(=O)(=O)O)cc4)c(O)c3c2N)cc1. The molecule has 0 aromatic heterocycles. The van der Waals surface area contributed by atoms with Crippen LogP contribution in [0.3, 0.4) is 0 Å². The van der Waals surface area contributed by atoms with E-state index in [-0.39, 0.29) is 48.2 Å². The topological polar surface area (TPSA) is 321 Å². The standard InChI is InChI=1S/C26H23N5O15S5/c1-2-48(34,35)18-7-3-16(4-8-18)28-30-24-20(47-46-45-33)13-15-14-21(50(38,39)40)25(26(32)22(15)23(24)27)31-29-17-5-9-19(10-6-17)49(36,37)12-11-44-51(41,42)43/h2-10,13-14,32-33H,1,11-12,27H2,(H,38,39,40)(H,41,42,43). The Morgan fingerprint density at radius 3 is 1.86 bits per heavy atom. The molecule has 4 aromatic carbocycles. The van der Waals surface area contributed by atoms with Crippen molar-refractivity contribution in [3.8, 4) is 5.75 Å². The number of nitrogens with zero attached hydrogens (tertiary/aromatic N) is 4. The molecule has 0 aliphatic rings. The van der Waals surface area contributed by atoms with E-state index in [0.29, 0.717) is 12.0 Å². The predicted octanol–water partition coefficient (Wildman–Crippen LogP) is 5.14. The molecular weight excluding hydrogens is 783 g/mol. The summed E-state index contributed by atoms with van der Waals surface area (Å²) in [5.74, 6) is -1.73. The Kier molecular flexibility index (Phi) is 11.9. The lowest BCUT2D eigenvalue weighted by molar-refractivity contribution is -0.432. The summed E-state index contributed by atoms with van der Waals surface area (Å²) < 4.78 is 122. The molecule has 0 fully saturated rings. The van der Waals surface area contributed by atoms with Gasteiger partial charge in [0.05, 0.1) is 61.5 Å². The predicted molar refractivity (Wildman–Crippen MR) is 179 cm³/mol. The van der Waals surface area contributed by atoms with Gasteiger partial charge in [-0.25, -0.2) is 26.3 Å². The monoisotopic (exact) mass is 805 g/mol. The molecular formula is C26H23N5O15S5. The molecule has 0 bridgehead atoms. The summed E-state index contributed by atoms with van der Waals surface area (Å²) in [5, 5.41) is 39.6. The van der Waals surface area contributed by atoms with E-state index in [4.69, 9.17) is 15.5 Å². The van der Waals surface area contributed by atoms with E-state index in [1.165, 1.54) is 30.3 Å². The average molecular weight is 806 g/mol. The van der Waals surface area contributed by atoms with Gasteiger partial charge in [-0.2, -0.15) is 27.1 Å². The second kappa shape index (κ2) is 15.5. The van der Waals surface area contributed by atoms with Crippen LogP contribution in [0.25, 0.3) is 10.8 Å². The maximum Gasteiger partial charge on any atom is 0.397 e. The van der Waals surface area contributed by atoms with Crippen LogP contribution >= 0.6 is 12.0 Å². The van der Waals surface area contributed by atoms with Crippen molar-refractivity contribution in [3.63, 3.8) is 0 Å². The van der Waals surface area contributed by atoms with Crippen LogP contribution < -0.4 is 5.73 Å². The molecule has 51 heavy (non-hydrogen) atoms. The van der Waals surface area contributed by atoms with Crippen LogP contribution in [0.1, 0.15) is 0 Å². The Morgan fingerprint density at radius 2 is 1.35 bits per heavy atom. The molecule has 0 amide bonds. The van der Waals surface area contributed by atoms with E-state index >= 15 is 0 Å². The van der Waals surface area contributed by atoms with Gasteiger partial charge in [-0.3, -0.25) is 9.11 Å². The fourth-order valence-electron chi connectivity index (χ4n) is 4.12. The number of phenolic OH excluding ortho intramolecular Hbond substituents is 1. The lowest BCUT2D eigenvalue weighted by atomic mass is 10.1. The molecule has 6 N–H and O–H groups in total. The van der Waals surface area contributed by atoms with Crippen molar-refractivity contribution in [2.24, 2.45) is 20.5 Å². The molecule has 0 radical (unpaired) electrons. The number of benzene rings is 4. The van der Waals surface area contributed by atoms with Gasteiger partial charge in [0.15, 0.2) is 25.4 Å². The van der Waals surface area contributed by atoms with Gasteiger partial charge in [-0.15, -0.1) is 14.6 Å². The van der Waals surface area contributed by atoms with Crippen LogP contribution in [0.2, 0.25) is 0 Å². The fraction of sp³-hybridized carbons (Fsp3) is 0.0769. The maximum atomic E-state index is 12.4. The molecule has 0 atom stereocenters. The van der Waals surface area contributed by atoms with Gasteiger partial charge in [0.25, 0.3) is 10.1 Å². The highest BCUT2D eigenvalue weighted by atomic mass is 32.3. The van der Waals surface area contributed by atoms with E-state index in [2.05, 4.69) is 40.6 Å². The third-order valence-electron chi connectivity index (χ3n) is 6.44. The number of hydrogen-bond donors (Lipinski definition) is 5. The Hall–Kier alpha value is -4.41. The molecule has 4 aromatic rings. The van der Waals surface area contributed by atoms with E-state index in [1.807, 2.05) is 0 Å². The Balaban J connectivity index is 1.78. The molecule has 20 nitrogen and oxygen atoms in total. The minimum Gasteiger partial charge on any atom is -0.505 e. The third-order valence-corrected chi connectivity index (χ3v) is 11.5. The molecule has 0 aliphatic heterocycles. The van der Waals surface area contributed by atoms with Crippen molar-refractivity contribution < 1.29 is 66.7 Å². The number of nitrogen functional groups attached to an aromatic ring is 1. The molecule has 0 spiro atoms. The van der Waals surface area contributed by atoms with Gasteiger partial charge in [0.1, 0.15) is 16.3 Å². The molecule has 0 unspecified atom stereocenters. The quantitative estimate of drug-likeness (QED) is 0.0259. The highest BCUT2D eigenvalue weighted by Crippen LogP contribution is 2.49. The first kappa shape index (κ1) is 39.4. The first-order valence-electron chi connectivity index (χ1n) is 13.3. The zero-order chi connectivity index (χ0) is 37.8. The molecule has 25 heteroatoms. The van der Waals surface area contributed by atoms with Crippen LogP contribution in [0, 0.1) is 0 Å². The van der Waals surface area contributed by atoms with E-state index < -0.39 is 68.9 Å². The number of azo groups is 2. The minimum absolute atomic E-state index is 0.0571. The Morgan fingerprint density at radius 1 is 0.804 bits per heavy atom. The average Bonchev–Trinajstić information content (AvgIpc) is 3.05. The van der Waals surface area contributed by atoms with E-state index in [0.717, 1.165) is 35.7 Å². The number of hydrogen-bond acceptors (Lipinski definition) is 19. The molecule has 0 heterocycles. The lowest BCUT2D eigenvalue weighted by Crippen LogP contribution is -2.15. The van der Waals surface area contributed by atoms with Crippen LogP contribution in [0.4, 0.5) is 28.4 Å². The fourth-order valence-corrected chi connectivity index (χ4v) is 7.49. The van der Waals surface area contributed by atoms with Gasteiger partial charge in [-0.05, 0) is 66.0 Å². The largest absolute Gasteiger partial charge is 0.505 e. The summed E-state index contributed by atoms with van der Waals surface area (Å²) in [7, 11) is -17.8. The maximum absolute atomic E-state index is 12.4. The van der Waals surface area contributed by atoms with Crippen molar-refractivity contribution in [1.82, 2.24) is 0 Å². The lowest BCUT2D eigenvalue weighted by Gasteiger charge is -2.14. The first-order chi connectivity index (χ1) is 23.8. The zero-order valence-corrected chi connectivity index (χ0v) is 29.2. The van der Waals surface area contributed by atoms with Gasteiger partial charge in [0, 0.05) is 5.41 Å². The minimum atomic E-state index is -5.11. The highest BCUT2D eigenvalue weighted by molar-refractivity contribution is 7.95. The molecule has 0 aliphatic carbocycles. The summed E-state index contributed by atoms with van der Waals surface area (Å²) in [5.41, 5.74) is 5.02. The first-order valence-corrected chi connectivity index (χ1v) is 20.0. The number of sulfone groups is 2. The molecule has 0 saturated carbocycles. The van der Waals surface area contributed by atoms with Gasteiger partial charge in [-0.1, -0.05) is 11.6 Å². The number of phenols is 1. The summed E-state index contributed by atoms with van der Waals surface area (Å²) in [6, 6.07) is 11.5. The van der Waals surface area contributed by atoms with Crippen LogP contribution in [-0.4, -0.2) is 65.5 Å². The Labute approximate surface area is 293 Å². The second-order valence-electron chi connectivity index (χ2n) is 9.68. The van der Waals surface area contributed by atoms with Crippen molar-refractivity contribution in [2.45, 2.75) is 19.6 Å². The molecule has 0 saturated heterocycles. The summed E-state index contributed by atoms with van der Waals surface area (Å²) in [6.07, 6.45) is 0. The number of rotatable bonds is 15. The second-order valence-corrected chi connectivity index (χ2v) is 16.9. The van der Waals surface area contributed by atoms with Crippen molar-refractivity contribution in [1.29, 1.82) is 0 Å². The normalized spacial score (nSPS) is 13.0. The smallest absolute Gasteiger partial charge is 0.397 e.